The molecule has 154 valence electrons. The van der Waals surface area contributed by atoms with Crippen LogP contribution in [0.2, 0.25) is 0 Å². The third-order valence-corrected chi connectivity index (χ3v) is 5.14. The summed E-state index contributed by atoms with van der Waals surface area (Å²) in [4.78, 5) is 27.6. The molecule has 0 saturated heterocycles. The number of nitrogens with zero attached hydrogens (tertiary/aromatic N) is 2. The van der Waals surface area contributed by atoms with Gasteiger partial charge in [0.05, 0.1) is 12.9 Å². The number of aromatic nitrogens is 2. The van der Waals surface area contributed by atoms with Crippen LogP contribution in [0.4, 0.5) is 0 Å². The fraction of sp³-hybridized carbons (Fsp3) is 0.762. The van der Waals surface area contributed by atoms with Gasteiger partial charge in [-0.25, -0.2) is 4.98 Å². The third-order valence-electron chi connectivity index (χ3n) is 5.14. The quantitative estimate of drug-likeness (QED) is 0.235. The third kappa shape index (κ3) is 10.6. The number of aliphatic carboxylic acids is 1. The Morgan fingerprint density at radius 1 is 1.14 bits per heavy atom. The molecule has 28 heavy (non-hydrogen) atoms. The van der Waals surface area contributed by atoms with Crippen LogP contribution in [-0.2, 0) is 27.8 Å². The number of hydrogen-bond donors (Lipinski definition) is 0. The number of rotatable bonds is 15. The number of carbonyl (C=O) groups excluding carboxylic acids is 2. The van der Waals surface area contributed by atoms with Gasteiger partial charge in [0.25, 0.3) is 0 Å². The zero-order chi connectivity index (χ0) is 20.1. The van der Waals surface area contributed by atoms with Gasteiger partial charge in [-0.1, -0.05) is 52.4 Å². The van der Waals surface area contributed by atoms with E-state index in [0.29, 0.717) is 19.3 Å². The molecule has 0 amide bonds. The fourth-order valence-corrected chi connectivity index (χ4v) is 3.36. The van der Waals surface area contributed by atoms with Crippen molar-refractivity contribution in [3.8, 4) is 0 Å². The molecule has 1 aromatic rings. The van der Waals surface area contributed by atoms with Crippen molar-refractivity contribution in [1.82, 2.24) is 9.55 Å². The maximum absolute atomic E-state index is 12.0. The molecule has 1 aromatic heterocycles. The fourth-order valence-electron chi connectivity index (χ4n) is 3.36. The normalized spacial score (nSPS) is 12.8. The van der Waals surface area contributed by atoms with Gasteiger partial charge in [0.2, 0.25) is 0 Å². The molecule has 0 radical (unpaired) electrons. The molecule has 0 fully saturated rings. The summed E-state index contributed by atoms with van der Waals surface area (Å²) >= 11 is 0. The smallest absolute Gasteiger partial charge is 0.550 e. The van der Waals surface area contributed by atoms with Crippen LogP contribution in [0.25, 0.3) is 0 Å². The van der Waals surface area contributed by atoms with Crippen molar-refractivity contribution >= 4 is 11.9 Å². The van der Waals surface area contributed by atoms with E-state index in [0.717, 1.165) is 25.0 Å². The van der Waals surface area contributed by atoms with E-state index in [2.05, 4.69) is 11.9 Å². The first-order valence-electron chi connectivity index (χ1n) is 10.3. The average Bonchev–Trinajstić information content (AvgIpc) is 3.03. The van der Waals surface area contributed by atoms with Crippen molar-refractivity contribution in [2.24, 2.45) is 18.9 Å². The predicted molar refractivity (Wildman–Crippen MR) is 103 cm³/mol. The zero-order valence-corrected chi connectivity index (χ0v) is 20.1. The minimum absolute atomic E-state index is 0. The van der Waals surface area contributed by atoms with Gasteiger partial charge in [-0.3, -0.25) is 4.79 Å². The van der Waals surface area contributed by atoms with Crippen molar-refractivity contribution in [2.75, 3.05) is 6.61 Å². The Kier molecular flexibility index (Phi) is 15.5. The number of carbonyl (C=O) groups is 2. The second-order valence-electron chi connectivity index (χ2n) is 7.35. The molecule has 0 aliphatic carbocycles. The maximum atomic E-state index is 12.0. The van der Waals surface area contributed by atoms with Gasteiger partial charge in [0.15, 0.2) is 0 Å². The van der Waals surface area contributed by atoms with Gasteiger partial charge in [-0.15, -0.1) is 0 Å². The molecule has 2 atom stereocenters. The van der Waals surface area contributed by atoms with E-state index in [4.69, 9.17) is 4.74 Å². The molecule has 0 unspecified atom stereocenters. The Balaban J connectivity index is 0.00000729. The van der Waals surface area contributed by atoms with Crippen molar-refractivity contribution in [2.45, 2.75) is 78.1 Å². The minimum Gasteiger partial charge on any atom is -0.550 e. The van der Waals surface area contributed by atoms with Crippen LogP contribution in [0.15, 0.2) is 12.5 Å². The summed E-state index contributed by atoms with van der Waals surface area (Å²) in [7, 11) is 1.87. The molecule has 0 aromatic carbocycles. The summed E-state index contributed by atoms with van der Waals surface area (Å²) in [6.45, 7) is 4.12. The Morgan fingerprint density at radius 3 is 2.32 bits per heavy atom. The number of carboxylic acid groups (broad SMARTS) is 1. The van der Waals surface area contributed by atoms with E-state index in [-0.39, 0.29) is 48.1 Å². The van der Waals surface area contributed by atoms with Crippen LogP contribution in [0.5, 0.6) is 0 Å². The van der Waals surface area contributed by atoms with Gasteiger partial charge >= 0.3 is 35.5 Å². The first kappa shape index (κ1) is 27.1. The molecule has 1 heterocycles. The number of imidazole rings is 1. The molecule has 0 spiro atoms. The monoisotopic (exact) mass is 402 g/mol. The first-order chi connectivity index (χ1) is 13.0. The first-order valence-corrected chi connectivity index (χ1v) is 10.3. The van der Waals surface area contributed by atoms with Gasteiger partial charge in [0, 0.05) is 43.2 Å². The largest absolute Gasteiger partial charge is 1.00 e. The molecule has 1 rings (SSSR count). The van der Waals surface area contributed by atoms with Crippen LogP contribution < -0.4 is 34.7 Å². The summed E-state index contributed by atoms with van der Waals surface area (Å²) in [6, 6.07) is 0. The maximum Gasteiger partial charge on any atom is 1.00 e. The number of esters is 1. The SMILES string of the molecule is CCCCCCCCCC(=O)OC[C@H](Cc1cncn1C)[C@H](CC)C(=O)[O-].[Na+]. The Labute approximate surface area is 191 Å². The molecular weight excluding hydrogens is 367 g/mol. The Hall–Kier alpha value is -0.850. The van der Waals surface area contributed by atoms with E-state index in [1.807, 2.05) is 18.5 Å². The van der Waals surface area contributed by atoms with E-state index in [9.17, 15) is 14.7 Å². The van der Waals surface area contributed by atoms with Crippen LogP contribution in [0.1, 0.15) is 77.3 Å². The summed E-state index contributed by atoms with van der Waals surface area (Å²) in [6.07, 6.45) is 12.7. The van der Waals surface area contributed by atoms with Crippen LogP contribution in [0.3, 0.4) is 0 Å². The molecular formula is C21H35N2NaO4. The number of aryl methyl sites for hydroxylation is 1. The number of carboxylic acids is 1. The molecule has 7 heteroatoms. The minimum atomic E-state index is -1.09. The molecule has 0 saturated carbocycles. The van der Waals surface area contributed by atoms with Crippen molar-refractivity contribution in [1.29, 1.82) is 0 Å². The second kappa shape index (κ2) is 16.0. The van der Waals surface area contributed by atoms with E-state index in [1.54, 1.807) is 12.5 Å². The van der Waals surface area contributed by atoms with Gasteiger partial charge < -0.3 is 19.2 Å². The standard InChI is InChI=1S/C21H36N2O4.Na/c1-4-6-7-8-9-10-11-12-20(24)27-15-17(19(5-2)21(25)26)13-18-14-22-16-23(18)3;/h14,16-17,19H,4-13,15H2,1-3H3,(H,25,26);/q;+1/p-1/t17-,19-;/m0./s1. The summed E-state index contributed by atoms with van der Waals surface area (Å²) in [5.74, 6) is -2.29. The van der Waals surface area contributed by atoms with Crippen LogP contribution in [-0.4, -0.2) is 28.1 Å². The van der Waals surface area contributed by atoms with Crippen molar-refractivity contribution < 1.29 is 49.0 Å². The second-order valence-corrected chi connectivity index (χ2v) is 7.35. The molecule has 0 N–H and O–H groups in total. The van der Waals surface area contributed by atoms with Crippen molar-refractivity contribution in [3.63, 3.8) is 0 Å². The van der Waals surface area contributed by atoms with Gasteiger partial charge in [0.1, 0.15) is 0 Å². The summed E-state index contributed by atoms with van der Waals surface area (Å²) in [5, 5.41) is 11.5. The summed E-state index contributed by atoms with van der Waals surface area (Å²) < 4.78 is 7.27. The Morgan fingerprint density at radius 2 is 1.79 bits per heavy atom. The molecule has 6 nitrogen and oxygen atoms in total. The average molecular weight is 403 g/mol. The van der Waals surface area contributed by atoms with Crippen LogP contribution >= 0.6 is 0 Å². The Bertz CT molecular complexity index is 562. The number of ether oxygens (including phenoxy) is 1. The van der Waals surface area contributed by atoms with Gasteiger partial charge in [-0.05, 0) is 19.3 Å². The number of hydrogen-bond acceptors (Lipinski definition) is 5. The van der Waals surface area contributed by atoms with E-state index >= 15 is 0 Å². The zero-order valence-electron chi connectivity index (χ0n) is 18.1. The number of unbranched alkanes of at least 4 members (excludes halogenated alkanes) is 6. The van der Waals surface area contributed by atoms with Gasteiger partial charge in [-0.2, -0.15) is 0 Å². The molecule has 0 aliphatic heterocycles. The molecule has 0 aliphatic rings. The summed E-state index contributed by atoms with van der Waals surface area (Å²) in [5.41, 5.74) is 0.919. The van der Waals surface area contributed by atoms with Crippen LogP contribution in [0, 0.1) is 11.8 Å². The predicted octanol–water partition coefficient (Wildman–Crippen LogP) is 0.0428. The topological polar surface area (TPSA) is 84.2 Å². The molecule has 0 bridgehead atoms. The van der Waals surface area contributed by atoms with Crippen molar-refractivity contribution in [3.05, 3.63) is 18.2 Å². The van der Waals surface area contributed by atoms with E-state index in [1.165, 1.54) is 25.7 Å². The van der Waals surface area contributed by atoms with E-state index < -0.39 is 11.9 Å².